The molecule has 2 rings (SSSR count). The summed E-state index contributed by atoms with van der Waals surface area (Å²) in [5, 5.41) is 3.52. The van der Waals surface area contributed by atoms with Gasteiger partial charge in [-0.25, -0.2) is 0 Å². The van der Waals surface area contributed by atoms with E-state index in [1.165, 1.54) is 28.6 Å². The van der Waals surface area contributed by atoms with Gasteiger partial charge in [-0.3, -0.25) is 0 Å². The fourth-order valence-electron chi connectivity index (χ4n) is 1.84. The van der Waals surface area contributed by atoms with Crippen LogP contribution in [0.25, 0.3) is 0 Å². The fourth-order valence-corrected chi connectivity index (χ4v) is 2.25. The normalized spacial score (nSPS) is 19.4. The predicted molar refractivity (Wildman–Crippen MR) is 64.7 cm³/mol. The first-order valence-electron chi connectivity index (χ1n) is 5.09. The van der Waals surface area contributed by atoms with E-state index >= 15 is 0 Å². The number of hydrogen-bond donors (Lipinski definition) is 1. The van der Waals surface area contributed by atoms with Gasteiger partial charge in [-0.15, -0.1) is 0 Å². The van der Waals surface area contributed by atoms with Crippen LogP contribution in [0.4, 0.5) is 5.69 Å². The zero-order chi connectivity index (χ0) is 10.2. The minimum atomic E-state index is 0.408. The fraction of sp³-hybridized carbons (Fsp3) is 0.500. The Kier molecular flexibility index (Phi) is 2.56. The minimum absolute atomic E-state index is 0.408. The molecule has 0 spiro atoms. The van der Waals surface area contributed by atoms with Crippen LogP contribution in [0.3, 0.4) is 0 Å². The van der Waals surface area contributed by atoms with Crippen molar-refractivity contribution < 1.29 is 0 Å². The highest BCUT2D eigenvalue weighted by Gasteiger charge is 2.21. The Morgan fingerprint density at radius 2 is 2.14 bits per heavy atom. The molecule has 1 N–H and O–H groups in total. The van der Waals surface area contributed by atoms with Crippen molar-refractivity contribution in [3.05, 3.63) is 28.2 Å². The second kappa shape index (κ2) is 3.58. The number of fused-ring (bicyclic) bond motifs is 1. The third kappa shape index (κ3) is 2.11. The standard InChI is InChI=1S/C12H16BrN/c1-12(2)6-5-9-7-10(13)3-4-11(9)14-8-12/h3-4,7,14H,5-6,8H2,1-2H3. The van der Waals surface area contributed by atoms with Crippen LogP contribution in [-0.4, -0.2) is 6.54 Å². The van der Waals surface area contributed by atoms with Crippen molar-refractivity contribution in [3.8, 4) is 0 Å². The zero-order valence-corrected chi connectivity index (χ0v) is 10.3. The van der Waals surface area contributed by atoms with Gasteiger partial charge in [-0.1, -0.05) is 29.8 Å². The minimum Gasteiger partial charge on any atom is -0.384 e. The van der Waals surface area contributed by atoms with E-state index in [4.69, 9.17) is 0 Å². The van der Waals surface area contributed by atoms with E-state index in [0.29, 0.717) is 5.41 Å². The lowest BCUT2D eigenvalue weighted by atomic mass is 9.88. The first-order chi connectivity index (χ1) is 6.57. The van der Waals surface area contributed by atoms with Crippen LogP contribution >= 0.6 is 15.9 Å². The topological polar surface area (TPSA) is 12.0 Å². The Labute approximate surface area is 94.0 Å². The Morgan fingerprint density at radius 1 is 1.36 bits per heavy atom. The van der Waals surface area contributed by atoms with E-state index in [-0.39, 0.29) is 0 Å². The molecule has 1 heterocycles. The van der Waals surface area contributed by atoms with Crippen LogP contribution in [0.5, 0.6) is 0 Å². The summed E-state index contributed by atoms with van der Waals surface area (Å²) in [5.41, 5.74) is 3.15. The smallest absolute Gasteiger partial charge is 0.0373 e. The molecule has 0 bridgehead atoms. The molecular weight excluding hydrogens is 238 g/mol. The van der Waals surface area contributed by atoms with Crippen molar-refractivity contribution in [1.82, 2.24) is 0 Å². The van der Waals surface area contributed by atoms with Crippen molar-refractivity contribution >= 4 is 21.6 Å². The van der Waals surface area contributed by atoms with Crippen LogP contribution in [0.1, 0.15) is 25.8 Å². The van der Waals surface area contributed by atoms with Gasteiger partial charge in [0.25, 0.3) is 0 Å². The average Bonchev–Trinajstić information content (AvgIpc) is 2.26. The van der Waals surface area contributed by atoms with Crippen LogP contribution in [0, 0.1) is 5.41 Å². The van der Waals surface area contributed by atoms with Gasteiger partial charge in [0.1, 0.15) is 0 Å². The number of rotatable bonds is 0. The molecule has 14 heavy (non-hydrogen) atoms. The molecule has 0 aromatic heterocycles. The molecule has 0 unspecified atom stereocenters. The summed E-state index contributed by atoms with van der Waals surface area (Å²) in [6, 6.07) is 6.49. The highest BCUT2D eigenvalue weighted by atomic mass is 79.9. The summed E-state index contributed by atoms with van der Waals surface area (Å²) >= 11 is 3.52. The number of aryl methyl sites for hydroxylation is 1. The van der Waals surface area contributed by atoms with Gasteiger partial charge in [0.05, 0.1) is 0 Å². The number of nitrogens with one attached hydrogen (secondary N) is 1. The summed E-state index contributed by atoms with van der Waals surface area (Å²) in [6.07, 6.45) is 2.43. The number of benzene rings is 1. The summed E-state index contributed by atoms with van der Waals surface area (Å²) in [7, 11) is 0. The van der Waals surface area contributed by atoms with E-state index in [9.17, 15) is 0 Å². The highest BCUT2D eigenvalue weighted by molar-refractivity contribution is 9.10. The largest absolute Gasteiger partial charge is 0.384 e. The van der Waals surface area contributed by atoms with Crippen LogP contribution < -0.4 is 5.32 Å². The van der Waals surface area contributed by atoms with Crippen LogP contribution in [0.15, 0.2) is 22.7 Å². The second-order valence-electron chi connectivity index (χ2n) is 4.82. The van der Waals surface area contributed by atoms with Gasteiger partial charge in [0.15, 0.2) is 0 Å². The molecule has 0 radical (unpaired) electrons. The maximum absolute atomic E-state index is 3.52. The lowest BCUT2D eigenvalue weighted by Crippen LogP contribution is -2.21. The third-order valence-electron chi connectivity index (χ3n) is 2.90. The van der Waals surface area contributed by atoms with Crippen molar-refractivity contribution in [1.29, 1.82) is 0 Å². The Hall–Kier alpha value is -0.500. The molecule has 1 aliphatic rings. The lowest BCUT2D eigenvalue weighted by Gasteiger charge is -2.21. The number of anilines is 1. The zero-order valence-electron chi connectivity index (χ0n) is 8.73. The molecule has 0 fully saturated rings. The van der Waals surface area contributed by atoms with Crippen molar-refractivity contribution in [2.75, 3.05) is 11.9 Å². The molecular formula is C12H16BrN. The quantitative estimate of drug-likeness (QED) is 0.741. The molecule has 0 atom stereocenters. The summed E-state index contributed by atoms with van der Waals surface area (Å²) in [6.45, 7) is 5.71. The molecule has 0 aliphatic carbocycles. The predicted octanol–water partition coefficient (Wildman–Crippen LogP) is 3.83. The molecule has 1 aromatic rings. The van der Waals surface area contributed by atoms with E-state index in [0.717, 1.165) is 6.54 Å². The number of hydrogen-bond acceptors (Lipinski definition) is 1. The van der Waals surface area contributed by atoms with Gasteiger partial charge in [-0.2, -0.15) is 0 Å². The second-order valence-corrected chi connectivity index (χ2v) is 5.73. The van der Waals surface area contributed by atoms with Gasteiger partial charge < -0.3 is 5.32 Å². The van der Waals surface area contributed by atoms with E-state index < -0.39 is 0 Å². The molecule has 0 saturated carbocycles. The Morgan fingerprint density at radius 3 is 2.93 bits per heavy atom. The highest BCUT2D eigenvalue weighted by Crippen LogP contribution is 2.31. The first-order valence-corrected chi connectivity index (χ1v) is 5.88. The molecule has 1 aromatic carbocycles. The molecule has 0 saturated heterocycles. The lowest BCUT2D eigenvalue weighted by molar-refractivity contribution is 0.365. The Bertz CT molecular complexity index is 344. The number of halogens is 1. The van der Waals surface area contributed by atoms with E-state index in [1.807, 2.05) is 0 Å². The van der Waals surface area contributed by atoms with Crippen molar-refractivity contribution in [2.24, 2.45) is 5.41 Å². The maximum Gasteiger partial charge on any atom is 0.0373 e. The van der Waals surface area contributed by atoms with E-state index in [1.54, 1.807) is 0 Å². The molecule has 2 heteroatoms. The maximum atomic E-state index is 3.52. The van der Waals surface area contributed by atoms with Gasteiger partial charge >= 0.3 is 0 Å². The van der Waals surface area contributed by atoms with Crippen LogP contribution in [0.2, 0.25) is 0 Å². The molecule has 0 amide bonds. The van der Waals surface area contributed by atoms with Gasteiger partial charge in [-0.05, 0) is 42.0 Å². The summed E-state index contributed by atoms with van der Waals surface area (Å²) < 4.78 is 1.18. The first kappa shape index (κ1) is 10.0. The van der Waals surface area contributed by atoms with Crippen molar-refractivity contribution in [3.63, 3.8) is 0 Å². The summed E-state index contributed by atoms with van der Waals surface area (Å²) in [5.74, 6) is 0. The molecule has 1 aliphatic heterocycles. The monoisotopic (exact) mass is 253 g/mol. The van der Waals surface area contributed by atoms with Gasteiger partial charge in [0, 0.05) is 16.7 Å². The van der Waals surface area contributed by atoms with E-state index in [2.05, 4.69) is 53.3 Å². The Balaban J connectivity index is 2.30. The SMILES string of the molecule is CC1(C)CCc2cc(Br)ccc2NC1. The summed E-state index contributed by atoms with van der Waals surface area (Å²) in [4.78, 5) is 0. The third-order valence-corrected chi connectivity index (χ3v) is 3.39. The molecule has 1 nitrogen and oxygen atoms in total. The average molecular weight is 254 g/mol. The van der Waals surface area contributed by atoms with Crippen molar-refractivity contribution in [2.45, 2.75) is 26.7 Å². The van der Waals surface area contributed by atoms with Gasteiger partial charge in [0.2, 0.25) is 0 Å². The molecule has 76 valence electrons. The van der Waals surface area contributed by atoms with Crippen LogP contribution in [-0.2, 0) is 6.42 Å².